The van der Waals surface area contributed by atoms with Gasteiger partial charge in [0.05, 0.1) is 9.67 Å². The summed E-state index contributed by atoms with van der Waals surface area (Å²) < 4.78 is 4.30. The van der Waals surface area contributed by atoms with Gasteiger partial charge in [-0.3, -0.25) is 35.1 Å². The molecular formula is C24H24N4O8S. The van der Waals surface area contributed by atoms with Crippen LogP contribution in [-0.4, -0.2) is 60.5 Å². The maximum atomic E-state index is 13.3. The molecule has 0 bridgehead atoms. The van der Waals surface area contributed by atoms with Crippen LogP contribution in [0.15, 0.2) is 54.6 Å². The molecule has 1 unspecified atom stereocenters. The zero-order valence-corrected chi connectivity index (χ0v) is 20.6. The van der Waals surface area contributed by atoms with Gasteiger partial charge in [-0.05, 0) is 37.1 Å². The lowest BCUT2D eigenvalue weighted by molar-refractivity contribution is -0.384. The second kappa shape index (κ2) is 9.48. The van der Waals surface area contributed by atoms with Crippen molar-refractivity contribution in [1.82, 2.24) is 10.2 Å². The summed E-state index contributed by atoms with van der Waals surface area (Å²) in [4.78, 5) is 62.5. The number of β-lactam (4-membered cyclic amide) rings is 1. The van der Waals surface area contributed by atoms with E-state index in [1.165, 1.54) is 24.3 Å². The van der Waals surface area contributed by atoms with Gasteiger partial charge in [0, 0.05) is 12.1 Å². The van der Waals surface area contributed by atoms with Gasteiger partial charge < -0.3 is 15.2 Å². The summed E-state index contributed by atoms with van der Waals surface area (Å²) in [5.74, 6) is -5.11. The predicted octanol–water partition coefficient (Wildman–Crippen LogP) is 1.34. The van der Waals surface area contributed by atoms with Crippen LogP contribution in [0.2, 0.25) is 0 Å². The number of nitrogens with one attached hydrogen (secondary N) is 1. The number of carbonyl (C=O) groups is 4. The zero-order chi connectivity index (χ0) is 27.1. The topological polar surface area (TPSA) is 182 Å². The lowest BCUT2D eigenvalue weighted by Gasteiger charge is -2.48. The van der Waals surface area contributed by atoms with Gasteiger partial charge in [0.1, 0.15) is 18.0 Å². The highest BCUT2D eigenvalue weighted by atomic mass is 32.2. The molecule has 4 N–H and O–H groups in total. The van der Waals surface area contributed by atoms with Crippen LogP contribution in [-0.2, 0) is 30.5 Å². The number of aliphatic carboxylic acids is 1. The van der Waals surface area contributed by atoms with Gasteiger partial charge in [0.2, 0.25) is 11.6 Å². The maximum absolute atomic E-state index is 13.3. The summed E-state index contributed by atoms with van der Waals surface area (Å²) in [7, 11) is 0. The molecule has 2 fully saturated rings. The number of fused-ring (bicyclic) bond motifs is 1. The predicted molar refractivity (Wildman–Crippen MR) is 131 cm³/mol. The number of nitrogens with zero attached hydrogens (tertiary/aromatic N) is 2. The highest BCUT2D eigenvalue weighted by Gasteiger charge is 2.71. The third-order valence-corrected chi connectivity index (χ3v) is 8.16. The SMILES string of the molecule is CC1(C)S[C@@H]2[C@H](NC(=O)C(C(=O)OCc3ccc([N+](=O)[O-])cc3)c3ccccc3)C(=O)N2[C@@]1(N)C(=O)O. The Kier molecular flexibility index (Phi) is 6.69. The fraction of sp³-hybridized carbons (Fsp3) is 0.333. The van der Waals surface area contributed by atoms with Crippen molar-refractivity contribution in [2.24, 2.45) is 5.73 Å². The molecule has 0 radical (unpaired) electrons. The molecular weight excluding hydrogens is 504 g/mol. The van der Waals surface area contributed by atoms with Gasteiger partial charge >= 0.3 is 11.9 Å². The molecule has 2 aliphatic rings. The number of nitro groups is 1. The first-order valence-corrected chi connectivity index (χ1v) is 12.0. The van der Waals surface area contributed by atoms with Crippen molar-refractivity contribution < 1.29 is 33.9 Å². The summed E-state index contributed by atoms with van der Waals surface area (Å²) >= 11 is 1.15. The van der Waals surface area contributed by atoms with E-state index < -0.39 is 56.4 Å². The van der Waals surface area contributed by atoms with Crippen LogP contribution in [0.1, 0.15) is 30.9 Å². The van der Waals surface area contributed by atoms with E-state index in [1.807, 2.05) is 0 Å². The molecule has 2 heterocycles. The molecule has 2 aromatic carbocycles. The fourth-order valence-corrected chi connectivity index (χ4v) is 6.03. The van der Waals surface area contributed by atoms with Crippen molar-refractivity contribution in [3.63, 3.8) is 0 Å². The van der Waals surface area contributed by atoms with Gasteiger partial charge in [-0.25, -0.2) is 4.79 Å². The number of thioether (sulfide) groups is 1. The molecule has 194 valence electrons. The Morgan fingerprint density at radius 1 is 1.19 bits per heavy atom. The first kappa shape index (κ1) is 26.1. The lowest BCUT2D eigenvalue weighted by Crippen LogP contribution is -2.78. The molecule has 13 heteroatoms. The first-order chi connectivity index (χ1) is 17.4. The van der Waals surface area contributed by atoms with Gasteiger partial charge in [0.25, 0.3) is 11.6 Å². The Morgan fingerprint density at radius 2 is 1.81 bits per heavy atom. The minimum atomic E-state index is -1.96. The minimum absolute atomic E-state index is 0.117. The number of benzene rings is 2. The normalized spacial score (nSPS) is 24.4. The second-order valence-corrected chi connectivity index (χ2v) is 10.9. The number of carbonyl (C=O) groups excluding carboxylic acids is 3. The van der Waals surface area contributed by atoms with E-state index in [0.717, 1.165) is 16.7 Å². The highest BCUT2D eigenvalue weighted by molar-refractivity contribution is 8.01. The number of nitro benzene ring substituents is 1. The van der Waals surface area contributed by atoms with Crippen molar-refractivity contribution in [2.45, 2.75) is 48.2 Å². The molecule has 2 aliphatic heterocycles. The highest BCUT2D eigenvalue weighted by Crippen LogP contribution is 2.54. The summed E-state index contributed by atoms with van der Waals surface area (Å²) in [5.41, 5.74) is 4.87. The third-order valence-electron chi connectivity index (χ3n) is 6.54. The number of amides is 2. The number of hydrogen-bond acceptors (Lipinski definition) is 9. The zero-order valence-electron chi connectivity index (χ0n) is 19.8. The van der Waals surface area contributed by atoms with Crippen molar-refractivity contribution >= 4 is 41.2 Å². The largest absolute Gasteiger partial charge is 0.478 e. The molecule has 12 nitrogen and oxygen atoms in total. The average molecular weight is 529 g/mol. The minimum Gasteiger partial charge on any atom is -0.478 e. The molecule has 2 aromatic rings. The van der Waals surface area contributed by atoms with E-state index >= 15 is 0 Å². The molecule has 4 rings (SSSR count). The number of carboxylic acids is 1. The number of nitrogens with two attached hydrogens (primary N) is 1. The molecule has 0 spiro atoms. The quantitative estimate of drug-likeness (QED) is 0.149. The third kappa shape index (κ3) is 4.40. The van der Waals surface area contributed by atoms with Crippen LogP contribution in [0.5, 0.6) is 0 Å². The maximum Gasteiger partial charge on any atom is 0.346 e. The summed E-state index contributed by atoms with van der Waals surface area (Å²) in [6, 6.07) is 12.5. The van der Waals surface area contributed by atoms with Gasteiger partial charge in [-0.2, -0.15) is 0 Å². The van der Waals surface area contributed by atoms with Crippen LogP contribution in [0.25, 0.3) is 0 Å². The fourth-order valence-electron chi connectivity index (χ4n) is 4.36. The molecule has 37 heavy (non-hydrogen) atoms. The molecule has 0 aliphatic carbocycles. The Hall–Kier alpha value is -3.97. The molecule has 4 atom stereocenters. The van der Waals surface area contributed by atoms with Crippen LogP contribution >= 0.6 is 11.8 Å². The first-order valence-electron chi connectivity index (χ1n) is 11.2. The van der Waals surface area contributed by atoms with Gasteiger partial charge in [-0.15, -0.1) is 11.8 Å². The number of esters is 1. The second-order valence-electron chi connectivity index (χ2n) is 9.16. The van der Waals surface area contributed by atoms with Crippen molar-refractivity contribution in [1.29, 1.82) is 0 Å². The summed E-state index contributed by atoms with van der Waals surface area (Å²) in [6.45, 7) is 2.99. The Balaban J connectivity index is 1.50. The van der Waals surface area contributed by atoms with Gasteiger partial charge in [-0.1, -0.05) is 30.3 Å². The van der Waals surface area contributed by atoms with Crippen molar-refractivity contribution in [3.8, 4) is 0 Å². The van der Waals surface area contributed by atoms with E-state index in [1.54, 1.807) is 44.2 Å². The standard InChI is InChI=1S/C24H24N4O8S/c1-23(2)24(25,22(32)33)27-19(30)17(20(27)37-23)26-18(29)16(14-6-4-3-5-7-14)21(31)36-12-13-8-10-15(11-9-13)28(34)35/h3-11,16-17,20H,12,25H2,1-2H3,(H,26,29)(H,32,33)/t16?,17-,20-,24+/m1/s1. The van der Waals surface area contributed by atoms with Crippen molar-refractivity contribution in [3.05, 3.63) is 75.8 Å². The smallest absolute Gasteiger partial charge is 0.346 e. The van der Waals surface area contributed by atoms with E-state index in [9.17, 15) is 34.4 Å². The Labute approximate surface area is 215 Å². The number of rotatable bonds is 8. The van der Waals surface area contributed by atoms with Crippen LogP contribution in [0.3, 0.4) is 0 Å². The molecule has 0 saturated carbocycles. The monoisotopic (exact) mass is 528 g/mol. The molecule has 2 saturated heterocycles. The van der Waals surface area contributed by atoms with E-state index in [0.29, 0.717) is 11.1 Å². The van der Waals surface area contributed by atoms with Crippen LogP contribution in [0, 0.1) is 10.1 Å². The summed E-state index contributed by atoms with van der Waals surface area (Å²) in [6.07, 6.45) is 0. The summed E-state index contributed by atoms with van der Waals surface area (Å²) in [5, 5.41) is 22.4. The van der Waals surface area contributed by atoms with Crippen molar-refractivity contribution in [2.75, 3.05) is 0 Å². The number of hydrogen-bond donors (Lipinski definition) is 3. The van der Waals surface area contributed by atoms with Crippen LogP contribution in [0.4, 0.5) is 5.69 Å². The lowest BCUT2D eigenvalue weighted by atomic mass is 9.89. The van der Waals surface area contributed by atoms with Crippen LogP contribution < -0.4 is 11.1 Å². The number of ether oxygens (including phenoxy) is 1. The Morgan fingerprint density at radius 3 is 2.38 bits per heavy atom. The average Bonchev–Trinajstić information content (AvgIpc) is 3.06. The number of non-ortho nitro benzene ring substituents is 1. The van der Waals surface area contributed by atoms with E-state index in [4.69, 9.17) is 10.5 Å². The molecule has 2 amide bonds. The molecule has 0 aromatic heterocycles. The Bertz CT molecular complexity index is 1270. The van der Waals surface area contributed by atoms with E-state index in [-0.39, 0.29) is 12.3 Å². The van der Waals surface area contributed by atoms with Gasteiger partial charge in [0.15, 0.2) is 5.92 Å². The van der Waals surface area contributed by atoms with E-state index in [2.05, 4.69) is 5.32 Å². The number of carboxylic acid groups (broad SMARTS) is 1.